The lowest BCUT2D eigenvalue weighted by molar-refractivity contribution is -0.139. The van der Waals surface area contributed by atoms with Crippen LogP contribution in [0.5, 0.6) is 0 Å². The molecule has 5 nitrogen and oxygen atoms in total. The third-order valence-corrected chi connectivity index (χ3v) is 1.70. The van der Waals surface area contributed by atoms with Crippen molar-refractivity contribution in [2.24, 2.45) is 0 Å². The van der Waals surface area contributed by atoms with E-state index in [0.717, 1.165) is 5.56 Å². The molecule has 0 aliphatic rings. The van der Waals surface area contributed by atoms with Gasteiger partial charge in [0.1, 0.15) is 0 Å². The number of carboxylic acids is 1. The van der Waals surface area contributed by atoms with Crippen molar-refractivity contribution >= 4 is 5.97 Å². The topological polar surface area (TPSA) is 82.7 Å². The molecule has 0 aliphatic carbocycles. The number of rotatable bonds is 6. The second-order valence-electron chi connectivity index (χ2n) is 3.01. The van der Waals surface area contributed by atoms with Gasteiger partial charge < -0.3 is 19.9 Å². The molecule has 14 heavy (non-hydrogen) atoms. The summed E-state index contributed by atoms with van der Waals surface area (Å²) >= 11 is 0. The molecule has 3 N–H and O–H groups in total. The Hall–Kier alpha value is -1.33. The zero-order chi connectivity index (χ0) is 10.4. The lowest BCUT2D eigenvalue weighted by atomic mass is 10.2. The molecule has 1 unspecified atom stereocenters. The fraction of sp³-hybridized carbons (Fsp3) is 0.444. The molecule has 5 heteroatoms. The summed E-state index contributed by atoms with van der Waals surface area (Å²) in [5, 5.41) is 20.5. The highest BCUT2D eigenvalue weighted by Gasteiger charge is 2.08. The van der Waals surface area contributed by atoms with Crippen LogP contribution in [0.4, 0.5) is 0 Å². The molecule has 0 radical (unpaired) electrons. The van der Waals surface area contributed by atoms with E-state index < -0.39 is 12.1 Å². The van der Waals surface area contributed by atoms with E-state index in [1.165, 1.54) is 0 Å². The first-order valence-electron chi connectivity index (χ1n) is 4.30. The van der Waals surface area contributed by atoms with Crippen LogP contribution in [0.15, 0.2) is 23.0 Å². The SMILES string of the molecule is O=C(O)CC(O)CNCc1ccoc1. The Labute approximate surface area is 81.4 Å². The molecular weight excluding hydrogens is 186 g/mol. The Morgan fingerprint density at radius 1 is 1.64 bits per heavy atom. The van der Waals surface area contributed by atoms with E-state index in [1.54, 1.807) is 18.6 Å². The molecule has 78 valence electrons. The molecule has 0 saturated carbocycles. The molecule has 1 atom stereocenters. The van der Waals surface area contributed by atoms with E-state index in [4.69, 9.17) is 9.52 Å². The molecule has 1 aromatic heterocycles. The van der Waals surface area contributed by atoms with E-state index >= 15 is 0 Å². The lowest BCUT2D eigenvalue weighted by Crippen LogP contribution is -2.28. The molecule has 1 heterocycles. The summed E-state index contributed by atoms with van der Waals surface area (Å²) in [6.07, 6.45) is 2.07. The van der Waals surface area contributed by atoms with Gasteiger partial charge in [0.05, 0.1) is 25.1 Å². The minimum atomic E-state index is -0.998. The molecule has 0 spiro atoms. The molecule has 1 aromatic rings. The summed E-state index contributed by atoms with van der Waals surface area (Å²) < 4.78 is 4.84. The van der Waals surface area contributed by atoms with Crippen LogP contribution < -0.4 is 5.32 Å². The maximum absolute atomic E-state index is 10.2. The first-order valence-corrected chi connectivity index (χ1v) is 4.30. The highest BCUT2D eigenvalue weighted by molar-refractivity contribution is 5.67. The highest BCUT2D eigenvalue weighted by Crippen LogP contribution is 1.98. The largest absolute Gasteiger partial charge is 0.481 e. The van der Waals surface area contributed by atoms with Crippen LogP contribution >= 0.6 is 0 Å². The molecule has 0 fully saturated rings. The summed E-state index contributed by atoms with van der Waals surface area (Å²) in [7, 11) is 0. The van der Waals surface area contributed by atoms with Crippen molar-refractivity contribution in [1.82, 2.24) is 5.32 Å². The third kappa shape index (κ3) is 4.06. The minimum Gasteiger partial charge on any atom is -0.481 e. The normalized spacial score (nSPS) is 12.6. The monoisotopic (exact) mass is 199 g/mol. The van der Waals surface area contributed by atoms with E-state index in [-0.39, 0.29) is 13.0 Å². The van der Waals surface area contributed by atoms with Gasteiger partial charge in [0.2, 0.25) is 0 Å². The number of hydrogen-bond donors (Lipinski definition) is 3. The first-order chi connectivity index (χ1) is 6.68. The summed E-state index contributed by atoms with van der Waals surface area (Å²) in [5.41, 5.74) is 0.965. The van der Waals surface area contributed by atoms with Gasteiger partial charge in [-0.1, -0.05) is 0 Å². The standard InChI is InChI=1S/C9H13NO4/c11-8(3-9(12)13)5-10-4-7-1-2-14-6-7/h1-2,6,8,10-11H,3-5H2,(H,12,13). The highest BCUT2D eigenvalue weighted by atomic mass is 16.4. The van der Waals surface area contributed by atoms with Gasteiger partial charge in [-0.2, -0.15) is 0 Å². The maximum atomic E-state index is 10.2. The summed E-state index contributed by atoms with van der Waals surface area (Å²) in [5.74, 6) is -0.998. The molecule has 0 aromatic carbocycles. The van der Waals surface area contributed by atoms with E-state index in [9.17, 15) is 9.90 Å². The summed E-state index contributed by atoms with van der Waals surface area (Å²) in [4.78, 5) is 10.2. The quantitative estimate of drug-likeness (QED) is 0.609. The number of carbonyl (C=O) groups is 1. The smallest absolute Gasteiger partial charge is 0.306 e. The van der Waals surface area contributed by atoms with E-state index in [2.05, 4.69) is 5.32 Å². The van der Waals surface area contributed by atoms with Gasteiger partial charge in [-0.15, -0.1) is 0 Å². The second-order valence-corrected chi connectivity index (χ2v) is 3.01. The average Bonchev–Trinajstić information content (AvgIpc) is 2.55. The zero-order valence-electron chi connectivity index (χ0n) is 7.64. The molecule has 0 amide bonds. The van der Waals surface area contributed by atoms with Crippen LogP contribution in [0.2, 0.25) is 0 Å². The fourth-order valence-electron chi connectivity index (χ4n) is 1.05. The van der Waals surface area contributed by atoms with Crippen LogP contribution in [0.25, 0.3) is 0 Å². The zero-order valence-corrected chi connectivity index (χ0v) is 7.64. The van der Waals surface area contributed by atoms with Crippen molar-refractivity contribution < 1.29 is 19.4 Å². The van der Waals surface area contributed by atoms with Crippen LogP contribution in [-0.4, -0.2) is 28.8 Å². The fourth-order valence-corrected chi connectivity index (χ4v) is 1.05. The van der Waals surface area contributed by atoms with Gasteiger partial charge in [-0.05, 0) is 6.07 Å². The number of carboxylic acid groups (broad SMARTS) is 1. The molecule has 1 rings (SSSR count). The van der Waals surface area contributed by atoms with Crippen LogP contribution in [-0.2, 0) is 11.3 Å². The van der Waals surface area contributed by atoms with Crippen molar-refractivity contribution in [3.63, 3.8) is 0 Å². The Balaban J connectivity index is 2.12. The number of aliphatic hydroxyl groups is 1. The van der Waals surface area contributed by atoms with Gasteiger partial charge in [0.25, 0.3) is 0 Å². The summed E-state index contributed by atoms with van der Waals surface area (Å²) in [6.45, 7) is 0.824. The predicted molar refractivity (Wildman–Crippen MR) is 48.7 cm³/mol. The number of nitrogens with one attached hydrogen (secondary N) is 1. The van der Waals surface area contributed by atoms with Crippen molar-refractivity contribution in [3.8, 4) is 0 Å². The van der Waals surface area contributed by atoms with Gasteiger partial charge in [-0.25, -0.2) is 0 Å². The van der Waals surface area contributed by atoms with Crippen LogP contribution in [0, 0.1) is 0 Å². The van der Waals surface area contributed by atoms with Crippen LogP contribution in [0.1, 0.15) is 12.0 Å². The number of aliphatic carboxylic acids is 1. The molecule has 0 aliphatic heterocycles. The molecule has 0 bridgehead atoms. The maximum Gasteiger partial charge on any atom is 0.306 e. The predicted octanol–water partition coefficient (Wildman–Crippen LogP) is 0.205. The minimum absolute atomic E-state index is 0.238. The van der Waals surface area contributed by atoms with Crippen molar-refractivity contribution in [3.05, 3.63) is 24.2 Å². The Morgan fingerprint density at radius 2 is 2.43 bits per heavy atom. The van der Waals surface area contributed by atoms with Gasteiger partial charge >= 0.3 is 5.97 Å². The van der Waals surface area contributed by atoms with Crippen molar-refractivity contribution in [1.29, 1.82) is 0 Å². The second kappa shape index (κ2) is 5.41. The lowest BCUT2D eigenvalue weighted by Gasteiger charge is -2.08. The van der Waals surface area contributed by atoms with Crippen LogP contribution in [0.3, 0.4) is 0 Å². The average molecular weight is 199 g/mol. The Morgan fingerprint density at radius 3 is 3.00 bits per heavy atom. The van der Waals surface area contributed by atoms with Gasteiger partial charge in [-0.3, -0.25) is 4.79 Å². The Bertz CT molecular complexity index is 270. The number of hydrogen-bond acceptors (Lipinski definition) is 4. The number of furan rings is 1. The van der Waals surface area contributed by atoms with E-state index in [1.807, 2.05) is 0 Å². The Kier molecular flexibility index (Phi) is 4.15. The third-order valence-electron chi connectivity index (χ3n) is 1.70. The van der Waals surface area contributed by atoms with Gasteiger partial charge in [0, 0.05) is 18.7 Å². The molecule has 0 saturated heterocycles. The number of aliphatic hydroxyl groups excluding tert-OH is 1. The van der Waals surface area contributed by atoms with Crippen molar-refractivity contribution in [2.45, 2.75) is 19.1 Å². The first kappa shape index (κ1) is 10.7. The van der Waals surface area contributed by atoms with E-state index in [0.29, 0.717) is 6.54 Å². The summed E-state index contributed by atoms with van der Waals surface area (Å²) in [6, 6.07) is 1.80. The van der Waals surface area contributed by atoms with Crippen molar-refractivity contribution in [2.75, 3.05) is 6.54 Å². The van der Waals surface area contributed by atoms with Gasteiger partial charge in [0.15, 0.2) is 0 Å². The molecular formula is C9H13NO4.